The second kappa shape index (κ2) is 9.61. The van der Waals surface area contributed by atoms with E-state index in [1.807, 2.05) is 31.2 Å². The Hall–Kier alpha value is -3.15. The van der Waals surface area contributed by atoms with Crippen LogP contribution in [0.15, 0.2) is 48.7 Å². The molecular formula is C22H23F3N2O6S. The SMILES string of the molecule is Cc1cccc(C(=O)N2CC3(C2)C(COc2ccccn2)CCS3(=O)=O)c1.O=C(O)C(F)(F)F. The van der Waals surface area contributed by atoms with Gasteiger partial charge in [-0.15, -0.1) is 0 Å². The number of carboxylic acid groups (broad SMARTS) is 1. The summed E-state index contributed by atoms with van der Waals surface area (Å²) in [5.41, 5.74) is 1.60. The van der Waals surface area contributed by atoms with Crippen molar-refractivity contribution in [2.45, 2.75) is 24.3 Å². The Morgan fingerprint density at radius 2 is 1.88 bits per heavy atom. The van der Waals surface area contributed by atoms with Gasteiger partial charge in [0.25, 0.3) is 5.91 Å². The lowest BCUT2D eigenvalue weighted by atomic mass is 9.83. The van der Waals surface area contributed by atoms with E-state index < -0.39 is 26.7 Å². The number of benzene rings is 1. The Bertz CT molecular complexity index is 1150. The van der Waals surface area contributed by atoms with Gasteiger partial charge in [0.2, 0.25) is 5.88 Å². The molecule has 1 aromatic heterocycles. The van der Waals surface area contributed by atoms with E-state index in [0.29, 0.717) is 24.5 Å². The topological polar surface area (TPSA) is 114 Å². The summed E-state index contributed by atoms with van der Waals surface area (Å²) >= 11 is 0. The molecule has 12 heteroatoms. The Morgan fingerprint density at radius 1 is 1.21 bits per heavy atom. The first kappa shape index (κ1) is 25.5. The minimum Gasteiger partial charge on any atom is -0.477 e. The largest absolute Gasteiger partial charge is 0.490 e. The minimum atomic E-state index is -5.08. The summed E-state index contributed by atoms with van der Waals surface area (Å²) in [4.78, 5) is 27.4. The fourth-order valence-electron chi connectivity index (χ4n) is 4.03. The number of ether oxygens (including phenoxy) is 1. The second-order valence-electron chi connectivity index (χ2n) is 8.18. The van der Waals surface area contributed by atoms with Crippen LogP contribution in [0.1, 0.15) is 22.3 Å². The van der Waals surface area contributed by atoms with Gasteiger partial charge in [-0.2, -0.15) is 13.2 Å². The number of aliphatic carboxylic acids is 1. The van der Waals surface area contributed by atoms with Crippen LogP contribution in [0.5, 0.6) is 5.88 Å². The Morgan fingerprint density at radius 3 is 2.44 bits per heavy atom. The van der Waals surface area contributed by atoms with E-state index in [4.69, 9.17) is 14.6 Å². The van der Waals surface area contributed by atoms with Crippen molar-refractivity contribution < 1.29 is 41.0 Å². The van der Waals surface area contributed by atoms with Gasteiger partial charge in [0.1, 0.15) is 4.75 Å². The lowest BCUT2D eigenvalue weighted by Crippen LogP contribution is -2.68. The molecule has 1 N–H and O–H groups in total. The molecular weight excluding hydrogens is 477 g/mol. The van der Waals surface area contributed by atoms with Crippen LogP contribution < -0.4 is 4.74 Å². The first-order valence-electron chi connectivity index (χ1n) is 10.3. The predicted octanol–water partition coefficient (Wildman–Crippen LogP) is 2.73. The number of rotatable bonds is 4. The van der Waals surface area contributed by atoms with Crippen molar-refractivity contribution in [2.75, 3.05) is 25.4 Å². The maximum Gasteiger partial charge on any atom is 0.490 e. The molecule has 0 radical (unpaired) electrons. The Kier molecular flexibility index (Phi) is 7.20. The number of alkyl halides is 3. The normalized spacial score (nSPS) is 20.1. The van der Waals surface area contributed by atoms with Crippen LogP contribution >= 0.6 is 0 Å². The monoisotopic (exact) mass is 500 g/mol. The lowest BCUT2D eigenvalue weighted by molar-refractivity contribution is -0.192. The first-order valence-corrected chi connectivity index (χ1v) is 11.9. The van der Waals surface area contributed by atoms with Gasteiger partial charge in [-0.1, -0.05) is 23.8 Å². The second-order valence-corrected chi connectivity index (χ2v) is 10.6. The first-order chi connectivity index (χ1) is 15.9. The molecule has 0 aliphatic carbocycles. The van der Waals surface area contributed by atoms with E-state index in [1.54, 1.807) is 29.3 Å². The van der Waals surface area contributed by atoms with E-state index in [1.165, 1.54) is 0 Å². The van der Waals surface area contributed by atoms with Gasteiger partial charge in [0, 0.05) is 36.8 Å². The van der Waals surface area contributed by atoms with Crippen LogP contribution in [0.3, 0.4) is 0 Å². The van der Waals surface area contributed by atoms with E-state index in [-0.39, 0.29) is 30.7 Å². The molecule has 2 aliphatic heterocycles. The summed E-state index contributed by atoms with van der Waals surface area (Å²) in [7, 11) is -3.25. The number of hydrogen-bond donors (Lipinski definition) is 1. The molecule has 2 fully saturated rings. The molecule has 1 spiro atoms. The fourth-order valence-corrected chi connectivity index (χ4v) is 6.43. The Labute approximate surface area is 194 Å². The van der Waals surface area contributed by atoms with Crippen LogP contribution in [-0.2, 0) is 14.6 Å². The molecule has 1 unspecified atom stereocenters. The number of likely N-dealkylation sites (tertiary alicyclic amines) is 1. The number of carboxylic acids is 1. The third kappa shape index (κ3) is 5.32. The highest BCUT2D eigenvalue weighted by Gasteiger charge is 2.62. The molecule has 0 bridgehead atoms. The fraction of sp³-hybridized carbons (Fsp3) is 0.409. The number of nitrogens with zero attached hydrogens (tertiary/aromatic N) is 2. The van der Waals surface area contributed by atoms with Gasteiger partial charge in [0.05, 0.1) is 12.4 Å². The van der Waals surface area contributed by atoms with Crippen LogP contribution in [0.25, 0.3) is 0 Å². The summed E-state index contributed by atoms with van der Waals surface area (Å²) in [5.74, 6) is -2.37. The van der Waals surface area contributed by atoms with Crippen molar-refractivity contribution in [1.29, 1.82) is 0 Å². The molecule has 4 rings (SSSR count). The highest BCUT2D eigenvalue weighted by atomic mass is 32.2. The molecule has 2 aliphatic rings. The van der Waals surface area contributed by atoms with E-state index in [9.17, 15) is 26.4 Å². The smallest absolute Gasteiger partial charge is 0.477 e. The molecule has 2 saturated heterocycles. The molecule has 8 nitrogen and oxygen atoms in total. The molecule has 1 atom stereocenters. The quantitative estimate of drug-likeness (QED) is 0.687. The zero-order valence-electron chi connectivity index (χ0n) is 18.2. The zero-order chi connectivity index (χ0) is 25.1. The van der Waals surface area contributed by atoms with Crippen molar-refractivity contribution >= 4 is 21.7 Å². The number of pyridine rings is 1. The number of carbonyl (C=O) groups excluding carboxylic acids is 1. The lowest BCUT2D eigenvalue weighted by Gasteiger charge is -2.49. The zero-order valence-corrected chi connectivity index (χ0v) is 19.0. The maximum atomic E-state index is 12.7. The van der Waals surface area contributed by atoms with E-state index in [2.05, 4.69) is 4.98 Å². The Balaban J connectivity index is 0.000000406. The molecule has 184 valence electrons. The van der Waals surface area contributed by atoms with Crippen LogP contribution in [-0.4, -0.2) is 71.7 Å². The van der Waals surface area contributed by atoms with Crippen LogP contribution in [0.2, 0.25) is 0 Å². The third-order valence-corrected chi connectivity index (χ3v) is 8.48. The molecule has 1 aromatic carbocycles. The number of hydrogen-bond acceptors (Lipinski definition) is 6. The van der Waals surface area contributed by atoms with E-state index in [0.717, 1.165) is 5.56 Å². The van der Waals surface area contributed by atoms with Gasteiger partial charge in [0.15, 0.2) is 9.84 Å². The summed E-state index contributed by atoms with van der Waals surface area (Å²) in [5, 5.41) is 7.12. The van der Waals surface area contributed by atoms with Crippen molar-refractivity contribution in [3.05, 3.63) is 59.8 Å². The number of aromatic nitrogens is 1. The number of amides is 1. The van der Waals surface area contributed by atoms with Crippen molar-refractivity contribution in [3.8, 4) is 5.88 Å². The van der Waals surface area contributed by atoms with Crippen LogP contribution in [0, 0.1) is 12.8 Å². The molecule has 34 heavy (non-hydrogen) atoms. The van der Waals surface area contributed by atoms with Gasteiger partial charge in [-0.3, -0.25) is 4.79 Å². The van der Waals surface area contributed by atoms with Gasteiger partial charge in [-0.05, 0) is 31.5 Å². The predicted molar refractivity (Wildman–Crippen MR) is 115 cm³/mol. The number of aryl methyl sites for hydroxylation is 1. The van der Waals surface area contributed by atoms with Crippen LogP contribution in [0.4, 0.5) is 13.2 Å². The number of sulfone groups is 1. The van der Waals surface area contributed by atoms with Gasteiger partial charge >= 0.3 is 12.1 Å². The molecule has 2 aromatic rings. The van der Waals surface area contributed by atoms with E-state index >= 15 is 0 Å². The van der Waals surface area contributed by atoms with Gasteiger partial charge in [-0.25, -0.2) is 18.2 Å². The summed E-state index contributed by atoms with van der Waals surface area (Å²) in [6.07, 6.45) is -2.89. The average molecular weight is 500 g/mol. The average Bonchev–Trinajstić information content (AvgIpc) is 3.01. The third-order valence-electron chi connectivity index (χ3n) is 5.88. The van der Waals surface area contributed by atoms with Gasteiger partial charge < -0.3 is 14.7 Å². The number of carbonyl (C=O) groups is 2. The summed E-state index contributed by atoms with van der Waals surface area (Å²) in [6, 6.07) is 12.8. The minimum absolute atomic E-state index is 0.115. The molecule has 3 heterocycles. The van der Waals surface area contributed by atoms with Crippen molar-refractivity contribution in [3.63, 3.8) is 0 Å². The summed E-state index contributed by atoms with van der Waals surface area (Å²) < 4.78 is 62.1. The highest BCUT2D eigenvalue weighted by Crippen LogP contribution is 2.45. The molecule has 0 saturated carbocycles. The molecule has 1 amide bonds. The highest BCUT2D eigenvalue weighted by molar-refractivity contribution is 7.93. The summed E-state index contributed by atoms with van der Waals surface area (Å²) in [6.45, 7) is 2.69. The van der Waals surface area contributed by atoms with Crippen molar-refractivity contribution in [2.24, 2.45) is 5.92 Å². The standard InChI is InChI=1S/C20H22N2O4S.C2HF3O2/c1-15-5-4-6-16(11-15)19(23)22-13-20(14-22)17(8-10-27(20,24)25)12-26-18-7-2-3-9-21-18;3-2(4,5)1(6)7/h2-7,9,11,17H,8,10,12-14H2,1H3;(H,6,7). The van der Waals surface area contributed by atoms with Crippen molar-refractivity contribution in [1.82, 2.24) is 9.88 Å². The maximum absolute atomic E-state index is 12.7. The number of halogens is 3.